The van der Waals surface area contributed by atoms with Gasteiger partial charge in [0.05, 0.1) is 5.69 Å². The average Bonchev–Trinajstić information content (AvgIpc) is 2.03. The van der Waals surface area contributed by atoms with E-state index in [2.05, 4.69) is 4.98 Å². The molecule has 0 N–H and O–H groups in total. The Bertz CT molecular complexity index is 267. The van der Waals surface area contributed by atoms with Gasteiger partial charge in [-0.15, -0.1) is 0 Å². The zero-order valence-electron chi connectivity index (χ0n) is 5.73. The van der Waals surface area contributed by atoms with Crippen molar-refractivity contribution in [1.29, 1.82) is 0 Å². The standard InChI is InChI=1S/C8H6NO2/c10-8(11)5-4-7-3-1-2-6-9-7/h1-6H. The normalized spacial score (nSPS) is 10.2. The highest BCUT2D eigenvalue weighted by atomic mass is 16.4. The Hall–Kier alpha value is -1.64. The topological polar surface area (TPSA) is 49.9 Å². The van der Waals surface area contributed by atoms with Gasteiger partial charge in [-0.05, 0) is 18.2 Å². The highest BCUT2D eigenvalue weighted by Gasteiger charge is 1.89. The van der Waals surface area contributed by atoms with Crippen molar-refractivity contribution in [3.63, 3.8) is 0 Å². The fraction of sp³-hybridized carbons (Fsp3) is 0. The SMILES string of the molecule is [O]C(=O)C=Cc1ccccn1. The quantitative estimate of drug-likeness (QED) is 0.588. The molecular formula is C8H6NO2. The van der Waals surface area contributed by atoms with Crippen LogP contribution in [0.2, 0.25) is 0 Å². The first-order valence-corrected chi connectivity index (χ1v) is 3.09. The molecule has 0 fully saturated rings. The maximum Gasteiger partial charge on any atom is 0.379 e. The van der Waals surface area contributed by atoms with Gasteiger partial charge in [-0.3, -0.25) is 4.98 Å². The number of pyridine rings is 1. The molecule has 0 aliphatic heterocycles. The zero-order valence-corrected chi connectivity index (χ0v) is 5.73. The monoisotopic (exact) mass is 148 g/mol. The van der Waals surface area contributed by atoms with E-state index >= 15 is 0 Å². The molecule has 0 amide bonds. The molecule has 0 bridgehead atoms. The van der Waals surface area contributed by atoms with Crippen molar-refractivity contribution in [2.75, 3.05) is 0 Å². The molecule has 1 aromatic rings. The molecule has 3 nitrogen and oxygen atoms in total. The molecule has 1 aromatic heterocycles. The first-order chi connectivity index (χ1) is 5.29. The van der Waals surface area contributed by atoms with Crippen molar-refractivity contribution < 1.29 is 9.90 Å². The smallest absolute Gasteiger partial charge is 0.257 e. The van der Waals surface area contributed by atoms with E-state index in [-0.39, 0.29) is 0 Å². The molecule has 0 spiro atoms. The largest absolute Gasteiger partial charge is 0.379 e. The lowest BCUT2D eigenvalue weighted by molar-refractivity contribution is -0.137. The molecule has 0 saturated carbocycles. The minimum absolute atomic E-state index is 0.608. The summed E-state index contributed by atoms with van der Waals surface area (Å²) in [6, 6.07) is 5.25. The maximum absolute atomic E-state index is 9.95. The van der Waals surface area contributed by atoms with Crippen LogP contribution in [0.25, 0.3) is 6.08 Å². The molecule has 0 saturated heterocycles. The Morgan fingerprint density at radius 1 is 1.45 bits per heavy atom. The van der Waals surface area contributed by atoms with E-state index in [0.717, 1.165) is 6.08 Å². The second-order valence-corrected chi connectivity index (χ2v) is 1.91. The molecule has 11 heavy (non-hydrogen) atoms. The van der Waals surface area contributed by atoms with Crippen molar-refractivity contribution in [2.45, 2.75) is 0 Å². The Morgan fingerprint density at radius 2 is 2.27 bits per heavy atom. The number of nitrogens with zero attached hydrogens (tertiary/aromatic N) is 1. The van der Waals surface area contributed by atoms with Gasteiger partial charge in [0.15, 0.2) is 0 Å². The summed E-state index contributed by atoms with van der Waals surface area (Å²) >= 11 is 0. The Morgan fingerprint density at radius 3 is 2.82 bits per heavy atom. The van der Waals surface area contributed by atoms with Crippen molar-refractivity contribution in [3.8, 4) is 0 Å². The third-order valence-corrected chi connectivity index (χ3v) is 1.08. The second-order valence-electron chi connectivity index (χ2n) is 1.91. The number of aromatic nitrogens is 1. The first-order valence-electron chi connectivity index (χ1n) is 3.09. The van der Waals surface area contributed by atoms with Gasteiger partial charge >= 0.3 is 5.97 Å². The summed E-state index contributed by atoms with van der Waals surface area (Å²) in [5.74, 6) is -1.21. The van der Waals surface area contributed by atoms with Crippen molar-refractivity contribution >= 4 is 12.0 Å². The van der Waals surface area contributed by atoms with Crippen LogP contribution >= 0.6 is 0 Å². The third kappa shape index (κ3) is 2.62. The lowest BCUT2D eigenvalue weighted by Crippen LogP contribution is -1.84. The molecule has 0 aliphatic carbocycles. The summed E-state index contributed by atoms with van der Waals surface area (Å²) < 4.78 is 0. The maximum atomic E-state index is 9.95. The van der Waals surface area contributed by atoms with E-state index in [1.165, 1.54) is 6.08 Å². The predicted molar refractivity (Wildman–Crippen MR) is 39.0 cm³/mol. The van der Waals surface area contributed by atoms with Gasteiger partial charge in [0, 0.05) is 12.3 Å². The van der Waals surface area contributed by atoms with Crippen molar-refractivity contribution in [3.05, 3.63) is 36.2 Å². The van der Waals surface area contributed by atoms with Crippen LogP contribution in [0.1, 0.15) is 5.69 Å². The van der Waals surface area contributed by atoms with Crippen molar-refractivity contribution in [1.82, 2.24) is 4.98 Å². The Kier molecular flexibility index (Phi) is 2.38. The highest BCUT2D eigenvalue weighted by Crippen LogP contribution is 1.95. The average molecular weight is 148 g/mol. The van der Waals surface area contributed by atoms with Crippen LogP contribution in [-0.2, 0) is 9.90 Å². The summed E-state index contributed by atoms with van der Waals surface area (Å²) in [5.41, 5.74) is 0.608. The third-order valence-electron chi connectivity index (χ3n) is 1.08. The highest BCUT2D eigenvalue weighted by molar-refractivity contribution is 5.84. The zero-order chi connectivity index (χ0) is 8.10. The number of carbonyl (C=O) groups is 1. The molecule has 0 aliphatic rings. The minimum atomic E-state index is -1.21. The molecule has 1 radical (unpaired) electrons. The number of hydrogen-bond donors (Lipinski definition) is 0. The van der Waals surface area contributed by atoms with Crippen LogP contribution in [0.4, 0.5) is 0 Å². The van der Waals surface area contributed by atoms with Gasteiger partial charge < -0.3 is 0 Å². The Balaban J connectivity index is 2.72. The van der Waals surface area contributed by atoms with Crippen LogP contribution in [0, 0.1) is 0 Å². The van der Waals surface area contributed by atoms with Gasteiger partial charge in [0.2, 0.25) is 0 Å². The first kappa shape index (κ1) is 7.47. The van der Waals surface area contributed by atoms with E-state index < -0.39 is 5.97 Å². The van der Waals surface area contributed by atoms with E-state index in [0.29, 0.717) is 5.69 Å². The van der Waals surface area contributed by atoms with Crippen LogP contribution in [-0.4, -0.2) is 11.0 Å². The number of hydrogen-bond acceptors (Lipinski definition) is 2. The molecule has 1 heterocycles. The fourth-order valence-electron chi connectivity index (χ4n) is 0.628. The number of carbonyl (C=O) groups excluding carboxylic acids is 1. The van der Waals surface area contributed by atoms with Crippen LogP contribution in [0.15, 0.2) is 30.5 Å². The minimum Gasteiger partial charge on any atom is -0.257 e. The second kappa shape index (κ2) is 3.51. The molecule has 0 unspecified atom stereocenters. The van der Waals surface area contributed by atoms with Gasteiger partial charge in [0.1, 0.15) is 0 Å². The summed E-state index contributed by atoms with van der Waals surface area (Å²) in [7, 11) is 0. The van der Waals surface area contributed by atoms with E-state index in [9.17, 15) is 9.90 Å². The lowest BCUT2D eigenvalue weighted by atomic mass is 10.3. The molecule has 0 atom stereocenters. The molecule has 0 aromatic carbocycles. The van der Waals surface area contributed by atoms with Gasteiger partial charge in [0.25, 0.3) is 0 Å². The summed E-state index contributed by atoms with van der Waals surface area (Å²) in [6.07, 6.45) is 3.92. The van der Waals surface area contributed by atoms with Crippen LogP contribution in [0.3, 0.4) is 0 Å². The van der Waals surface area contributed by atoms with Crippen molar-refractivity contribution in [2.24, 2.45) is 0 Å². The Labute approximate surface area is 64.0 Å². The van der Waals surface area contributed by atoms with Crippen LogP contribution in [0.5, 0.6) is 0 Å². The summed E-state index contributed by atoms with van der Waals surface area (Å²) in [6.45, 7) is 0. The number of rotatable bonds is 2. The van der Waals surface area contributed by atoms with E-state index in [1.54, 1.807) is 24.4 Å². The van der Waals surface area contributed by atoms with E-state index in [4.69, 9.17) is 0 Å². The lowest BCUT2D eigenvalue weighted by Gasteiger charge is -1.86. The molecule has 1 rings (SSSR count). The van der Waals surface area contributed by atoms with Crippen LogP contribution < -0.4 is 0 Å². The van der Waals surface area contributed by atoms with E-state index in [1.807, 2.05) is 0 Å². The van der Waals surface area contributed by atoms with Gasteiger partial charge in [-0.1, -0.05) is 6.07 Å². The van der Waals surface area contributed by atoms with Gasteiger partial charge in [-0.2, -0.15) is 0 Å². The summed E-state index contributed by atoms with van der Waals surface area (Å²) in [5, 5.41) is 9.95. The summed E-state index contributed by atoms with van der Waals surface area (Å²) in [4.78, 5) is 13.8. The van der Waals surface area contributed by atoms with Gasteiger partial charge in [-0.25, -0.2) is 9.90 Å². The molecule has 3 heteroatoms. The molecular weight excluding hydrogens is 142 g/mol. The molecule has 55 valence electrons. The fourth-order valence-corrected chi connectivity index (χ4v) is 0.628. The predicted octanol–water partition coefficient (Wildman–Crippen LogP) is 1.05.